The lowest BCUT2D eigenvalue weighted by Crippen LogP contribution is -1.99. The third-order valence-electron chi connectivity index (χ3n) is 3.26. The molecule has 0 bridgehead atoms. The molecule has 16 heavy (non-hydrogen) atoms. The van der Waals surface area contributed by atoms with Crippen LogP contribution >= 0.6 is 11.6 Å². The highest BCUT2D eigenvalue weighted by atomic mass is 35.5. The molecule has 0 aliphatic heterocycles. The van der Waals surface area contributed by atoms with E-state index in [0.29, 0.717) is 5.92 Å². The first-order chi connectivity index (χ1) is 7.69. The smallest absolute Gasteiger partial charge is 0.0409 e. The molecule has 0 nitrogen and oxygen atoms in total. The van der Waals surface area contributed by atoms with E-state index in [9.17, 15) is 0 Å². The fourth-order valence-electron chi connectivity index (χ4n) is 2.20. The molecule has 0 aliphatic rings. The van der Waals surface area contributed by atoms with Gasteiger partial charge in [0.1, 0.15) is 0 Å². The molecule has 0 aromatic heterocycles. The van der Waals surface area contributed by atoms with Gasteiger partial charge < -0.3 is 0 Å². The zero-order valence-electron chi connectivity index (χ0n) is 10.7. The average molecular weight is 239 g/mol. The summed E-state index contributed by atoms with van der Waals surface area (Å²) in [7, 11) is 0. The molecule has 1 aromatic rings. The van der Waals surface area contributed by atoms with Crippen LogP contribution in [0.4, 0.5) is 0 Å². The fraction of sp³-hybridized carbons (Fsp3) is 0.600. The van der Waals surface area contributed by atoms with Crippen LogP contribution in [0.15, 0.2) is 18.2 Å². The topological polar surface area (TPSA) is 0 Å². The maximum absolute atomic E-state index is 6.08. The number of hydrogen-bond acceptors (Lipinski definition) is 0. The van der Waals surface area contributed by atoms with E-state index in [4.69, 9.17) is 11.6 Å². The van der Waals surface area contributed by atoms with Gasteiger partial charge in [-0.05, 0) is 42.0 Å². The van der Waals surface area contributed by atoms with Gasteiger partial charge in [0.15, 0.2) is 0 Å². The third kappa shape index (κ3) is 3.83. The van der Waals surface area contributed by atoms with Gasteiger partial charge in [-0.15, -0.1) is 0 Å². The van der Waals surface area contributed by atoms with Crippen molar-refractivity contribution >= 4 is 11.6 Å². The summed E-state index contributed by atoms with van der Waals surface area (Å²) in [5.74, 6) is 0.639. The van der Waals surface area contributed by atoms with Crippen LogP contribution in [0, 0.1) is 0 Å². The largest absolute Gasteiger partial charge is 0.0843 e. The molecule has 0 aliphatic carbocycles. The van der Waals surface area contributed by atoms with Crippen LogP contribution in [0.5, 0.6) is 0 Å². The molecule has 0 N–H and O–H groups in total. The molecule has 0 fully saturated rings. The van der Waals surface area contributed by atoms with Gasteiger partial charge in [-0.1, -0.05) is 57.7 Å². The first-order valence-corrected chi connectivity index (χ1v) is 6.85. The van der Waals surface area contributed by atoms with Crippen molar-refractivity contribution in [3.63, 3.8) is 0 Å². The van der Waals surface area contributed by atoms with E-state index in [1.165, 1.54) is 36.8 Å². The predicted molar refractivity (Wildman–Crippen MR) is 73.4 cm³/mol. The van der Waals surface area contributed by atoms with Gasteiger partial charge in [0.2, 0.25) is 0 Å². The molecule has 0 spiro atoms. The monoisotopic (exact) mass is 238 g/mol. The van der Waals surface area contributed by atoms with Crippen molar-refractivity contribution in [3.8, 4) is 0 Å². The molecule has 0 saturated heterocycles. The van der Waals surface area contributed by atoms with Crippen molar-refractivity contribution in [3.05, 3.63) is 34.3 Å². The number of benzene rings is 1. The van der Waals surface area contributed by atoms with Crippen LogP contribution in [0.2, 0.25) is 5.02 Å². The van der Waals surface area contributed by atoms with Gasteiger partial charge in [-0.3, -0.25) is 0 Å². The standard InChI is InChI=1S/C15H23Cl/c1-4-6-7-8-12(3)15-11-14(16)10-9-13(15)5-2/h9-12H,4-8H2,1-3H3. The van der Waals surface area contributed by atoms with Crippen LogP contribution in [-0.4, -0.2) is 0 Å². The summed E-state index contributed by atoms with van der Waals surface area (Å²) < 4.78 is 0. The highest BCUT2D eigenvalue weighted by Crippen LogP contribution is 2.28. The molecule has 90 valence electrons. The fourth-order valence-corrected chi connectivity index (χ4v) is 2.38. The minimum Gasteiger partial charge on any atom is -0.0843 e. The molecule has 1 rings (SSSR count). The first-order valence-electron chi connectivity index (χ1n) is 6.47. The second kappa shape index (κ2) is 6.96. The van der Waals surface area contributed by atoms with Crippen molar-refractivity contribution in [2.45, 2.75) is 58.8 Å². The van der Waals surface area contributed by atoms with Crippen LogP contribution in [0.1, 0.15) is 63.5 Å². The van der Waals surface area contributed by atoms with Crippen LogP contribution < -0.4 is 0 Å². The quantitative estimate of drug-likeness (QED) is 0.567. The van der Waals surface area contributed by atoms with E-state index in [1.54, 1.807) is 0 Å². The Morgan fingerprint density at radius 3 is 2.56 bits per heavy atom. The number of halogens is 1. The highest BCUT2D eigenvalue weighted by molar-refractivity contribution is 6.30. The van der Waals surface area contributed by atoms with E-state index in [2.05, 4.69) is 32.9 Å². The maximum atomic E-state index is 6.08. The van der Waals surface area contributed by atoms with Gasteiger partial charge in [-0.25, -0.2) is 0 Å². The van der Waals surface area contributed by atoms with Gasteiger partial charge in [-0.2, -0.15) is 0 Å². The van der Waals surface area contributed by atoms with Gasteiger partial charge in [0, 0.05) is 5.02 Å². The van der Waals surface area contributed by atoms with Crippen molar-refractivity contribution in [1.29, 1.82) is 0 Å². The second-order valence-corrected chi connectivity index (χ2v) is 5.03. The number of unbranched alkanes of at least 4 members (excludes halogenated alkanes) is 2. The van der Waals surface area contributed by atoms with Crippen molar-refractivity contribution < 1.29 is 0 Å². The molecule has 1 unspecified atom stereocenters. The van der Waals surface area contributed by atoms with Crippen LogP contribution in [0.25, 0.3) is 0 Å². The Balaban J connectivity index is 2.72. The zero-order chi connectivity index (χ0) is 12.0. The van der Waals surface area contributed by atoms with Crippen LogP contribution in [-0.2, 0) is 6.42 Å². The van der Waals surface area contributed by atoms with E-state index in [1.807, 2.05) is 6.07 Å². The lowest BCUT2D eigenvalue weighted by molar-refractivity contribution is 0.595. The predicted octanol–water partition coefficient (Wildman–Crippen LogP) is 5.59. The zero-order valence-corrected chi connectivity index (χ0v) is 11.5. The van der Waals surface area contributed by atoms with E-state index < -0.39 is 0 Å². The van der Waals surface area contributed by atoms with Crippen molar-refractivity contribution in [2.24, 2.45) is 0 Å². The molecule has 0 heterocycles. The van der Waals surface area contributed by atoms with Gasteiger partial charge in [0.25, 0.3) is 0 Å². The summed E-state index contributed by atoms with van der Waals surface area (Å²) >= 11 is 6.08. The normalized spacial score (nSPS) is 12.8. The molecule has 1 aromatic carbocycles. The SMILES string of the molecule is CCCCCC(C)c1cc(Cl)ccc1CC. The van der Waals surface area contributed by atoms with E-state index >= 15 is 0 Å². The van der Waals surface area contributed by atoms with E-state index in [0.717, 1.165) is 11.4 Å². The maximum Gasteiger partial charge on any atom is 0.0409 e. The van der Waals surface area contributed by atoms with Gasteiger partial charge >= 0.3 is 0 Å². The van der Waals surface area contributed by atoms with Crippen molar-refractivity contribution in [2.75, 3.05) is 0 Å². The minimum atomic E-state index is 0.639. The molecule has 0 saturated carbocycles. The Bertz CT molecular complexity index is 317. The Morgan fingerprint density at radius 2 is 1.94 bits per heavy atom. The molecule has 0 radical (unpaired) electrons. The number of rotatable bonds is 6. The summed E-state index contributed by atoms with van der Waals surface area (Å²) in [6, 6.07) is 6.33. The Kier molecular flexibility index (Phi) is 5.90. The van der Waals surface area contributed by atoms with Gasteiger partial charge in [0.05, 0.1) is 0 Å². The van der Waals surface area contributed by atoms with Crippen molar-refractivity contribution in [1.82, 2.24) is 0 Å². The summed E-state index contributed by atoms with van der Waals surface area (Å²) in [5.41, 5.74) is 2.90. The average Bonchev–Trinajstić information content (AvgIpc) is 2.29. The minimum absolute atomic E-state index is 0.639. The lowest BCUT2D eigenvalue weighted by atomic mass is 9.90. The molecule has 1 heteroatoms. The van der Waals surface area contributed by atoms with E-state index in [-0.39, 0.29) is 0 Å². The molecule has 0 amide bonds. The third-order valence-corrected chi connectivity index (χ3v) is 3.50. The Morgan fingerprint density at radius 1 is 1.19 bits per heavy atom. The first kappa shape index (κ1) is 13.6. The Hall–Kier alpha value is -0.490. The Labute approximate surface area is 105 Å². The summed E-state index contributed by atoms with van der Waals surface area (Å²) in [5, 5.41) is 0.870. The molecular formula is C15H23Cl. The van der Waals surface area contributed by atoms with Crippen LogP contribution in [0.3, 0.4) is 0 Å². The summed E-state index contributed by atoms with van der Waals surface area (Å²) in [6.07, 6.45) is 6.34. The second-order valence-electron chi connectivity index (χ2n) is 4.59. The molecular weight excluding hydrogens is 216 g/mol. The summed E-state index contributed by atoms with van der Waals surface area (Å²) in [6.45, 7) is 6.79. The lowest BCUT2D eigenvalue weighted by Gasteiger charge is -2.16. The summed E-state index contributed by atoms with van der Waals surface area (Å²) in [4.78, 5) is 0. The number of hydrogen-bond donors (Lipinski definition) is 0. The number of aryl methyl sites for hydroxylation is 1. The molecule has 1 atom stereocenters. The highest BCUT2D eigenvalue weighted by Gasteiger charge is 2.10.